The molecule has 14 heavy (non-hydrogen) atoms. The number of carboxylic acid groups (broad SMARTS) is 1. The van der Waals surface area contributed by atoms with Crippen LogP contribution in [0.2, 0.25) is 0 Å². The van der Waals surface area contributed by atoms with Gasteiger partial charge in [0, 0.05) is 4.83 Å². The van der Waals surface area contributed by atoms with Crippen molar-refractivity contribution in [2.45, 2.75) is 37.9 Å². The van der Waals surface area contributed by atoms with E-state index in [0.717, 1.165) is 19.3 Å². The van der Waals surface area contributed by atoms with Crippen molar-refractivity contribution in [3.05, 3.63) is 11.6 Å². The standard InChI is InChI=1S/C11H17BrO2/c1-3-8-4-9(6-10(12)5-8)7(2)11(13)14/h5,7,9-10H,3-4,6H2,1-2H3,(H,13,14)/t7?,9-,10?/m1/s1. The Morgan fingerprint density at radius 2 is 2.43 bits per heavy atom. The van der Waals surface area contributed by atoms with E-state index in [0.29, 0.717) is 4.83 Å². The van der Waals surface area contributed by atoms with E-state index >= 15 is 0 Å². The SMILES string of the molecule is CCC1=CC(Br)C[C@H](C(C)C(=O)O)C1. The number of halogens is 1. The smallest absolute Gasteiger partial charge is 0.306 e. The molecule has 0 bridgehead atoms. The van der Waals surface area contributed by atoms with Crippen LogP contribution < -0.4 is 0 Å². The largest absolute Gasteiger partial charge is 0.481 e. The summed E-state index contributed by atoms with van der Waals surface area (Å²) in [5.74, 6) is -0.617. The number of carbonyl (C=O) groups is 1. The fourth-order valence-electron chi connectivity index (χ4n) is 1.95. The van der Waals surface area contributed by atoms with Gasteiger partial charge >= 0.3 is 5.97 Å². The summed E-state index contributed by atoms with van der Waals surface area (Å²) < 4.78 is 0. The highest BCUT2D eigenvalue weighted by Crippen LogP contribution is 2.34. The van der Waals surface area contributed by atoms with E-state index in [9.17, 15) is 4.79 Å². The third-order valence-corrected chi connectivity index (χ3v) is 3.66. The van der Waals surface area contributed by atoms with Gasteiger partial charge in [0.05, 0.1) is 5.92 Å². The third kappa shape index (κ3) is 2.84. The Morgan fingerprint density at radius 3 is 2.93 bits per heavy atom. The van der Waals surface area contributed by atoms with Crippen LogP contribution >= 0.6 is 15.9 Å². The second-order valence-electron chi connectivity index (χ2n) is 4.02. The molecule has 80 valence electrons. The highest BCUT2D eigenvalue weighted by molar-refractivity contribution is 9.09. The predicted octanol–water partition coefficient (Wildman–Crippen LogP) is 3.22. The van der Waals surface area contributed by atoms with Crippen molar-refractivity contribution in [1.82, 2.24) is 0 Å². The fraction of sp³-hybridized carbons (Fsp3) is 0.727. The van der Waals surface area contributed by atoms with Crippen LogP contribution in [0.4, 0.5) is 0 Å². The van der Waals surface area contributed by atoms with Crippen molar-refractivity contribution in [1.29, 1.82) is 0 Å². The summed E-state index contributed by atoms with van der Waals surface area (Å²) in [6.45, 7) is 3.94. The molecule has 2 unspecified atom stereocenters. The van der Waals surface area contributed by atoms with E-state index in [-0.39, 0.29) is 11.8 Å². The number of aliphatic carboxylic acids is 1. The summed E-state index contributed by atoms with van der Waals surface area (Å²) in [4.78, 5) is 11.2. The van der Waals surface area contributed by atoms with Crippen LogP contribution in [0.3, 0.4) is 0 Å². The fourth-order valence-corrected chi connectivity index (χ4v) is 2.80. The van der Waals surface area contributed by atoms with E-state index in [2.05, 4.69) is 28.9 Å². The average Bonchev–Trinajstić information content (AvgIpc) is 2.15. The molecular formula is C11H17BrO2. The molecule has 0 radical (unpaired) electrons. The Morgan fingerprint density at radius 1 is 1.79 bits per heavy atom. The van der Waals surface area contributed by atoms with Crippen LogP contribution in [-0.4, -0.2) is 15.9 Å². The van der Waals surface area contributed by atoms with E-state index in [1.54, 1.807) is 0 Å². The lowest BCUT2D eigenvalue weighted by molar-refractivity contribution is -0.143. The van der Waals surface area contributed by atoms with Gasteiger partial charge in [0.1, 0.15) is 0 Å². The summed E-state index contributed by atoms with van der Waals surface area (Å²) in [6.07, 6.45) is 5.15. The number of rotatable bonds is 3. The van der Waals surface area contributed by atoms with Crippen LogP contribution in [0.25, 0.3) is 0 Å². The average molecular weight is 261 g/mol. The zero-order chi connectivity index (χ0) is 10.7. The highest BCUT2D eigenvalue weighted by atomic mass is 79.9. The minimum atomic E-state index is -0.674. The lowest BCUT2D eigenvalue weighted by atomic mass is 9.80. The van der Waals surface area contributed by atoms with E-state index in [1.165, 1.54) is 5.57 Å². The van der Waals surface area contributed by atoms with Gasteiger partial charge in [0.2, 0.25) is 0 Å². The van der Waals surface area contributed by atoms with Gasteiger partial charge in [0.15, 0.2) is 0 Å². The Kier molecular flexibility index (Phi) is 4.17. The van der Waals surface area contributed by atoms with Gasteiger partial charge in [0.25, 0.3) is 0 Å². The molecule has 1 N–H and O–H groups in total. The maximum absolute atomic E-state index is 10.9. The molecule has 1 aliphatic rings. The topological polar surface area (TPSA) is 37.3 Å². The molecule has 0 aromatic rings. The van der Waals surface area contributed by atoms with Gasteiger partial charge in [-0.2, -0.15) is 0 Å². The zero-order valence-electron chi connectivity index (χ0n) is 8.66. The monoisotopic (exact) mass is 260 g/mol. The van der Waals surface area contributed by atoms with Gasteiger partial charge < -0.3 is 5.11 Å². The molecule has 2 nitrogen and oxygen atoms in total. The summed E-state index contributed by atoms with van der Waals surface area (Å²) in [5.41, 5.74) is 1.39. The van der Waals surface area contributed by atoms with Gasteiger partial charge in [-0.3, -0.25) is 4.79 Å². The molecule has 0 heterocycles. The Balaban J connectivity index is 2.67. The number of carboxylic acids is 1. The van der Waals surface area contributed by atoms with Crippen LogP contribution in [0.1, 0.15) is 33.1 Å². The van der Waals surface area contributed by atoms with Crippen LogP contribution in [0.15, 0.2) is 11.6 Å². The van der Waals surface area contributed by atoms with Gasteiger partial charge in [-0.15, -0.1) is 0 Å². The number of hydrogen-bond donors (Lipinski definition) is 1. The number of alkyl halides is 1. The van der Waals surface area contributed by atoms with E-state index < -0.39 is 5.97 Å². The molecule has 0 fully saturated rings. The summed E-state index contributed by atoms with van der Waals surface area (Å²) in [6, 6.07) is 0. The van der Waals surface area contributed by atoms with Crippen LogP contribution in [0, 0.1) is 11.8 Å². The van der Waals surface area contributed by atoms with Crippen molar-refractivity contribution in [2.75, 3.05) is 0 Å². The van der Waals surface area contributed by atoms with Gasteiger partial charge in [-0.05, 0) is 25.2 Å². The van der Waals surface area contributed by atoms with Crippen molar-refractivity contribution in [3.63, 3.8) is 0 Å². The van der Waals surface area contributed by atoms with Crippen molar-refractivity contribution < 1.29 is 9.90 Å². The molecule has 0 saturated heterocycles. The summed E-state index contributed by atoms with van der Waals surface area (Å²) >= 11 is 3.56. The number of hydrogen-bond acceptors (Lipinski definition) is 1. The highest BCUT2D eigenvalue weighted by Gasteiger charge is 2.28. The van der Waals surface area contributed by atoms with E-state index in [1.807, 2.05) is 6.92 Å². The number of allylic oxidation sites excluding steroid dienone is 2. The summed E-state index contributed by atoms with van der Waals surface area (Å²) in [5, 5.41) is 8.94. The molecular weight excluding hydrogens is 244 g/mol. The van der Waals surface area contributed by atoms with Gasteiger partial charge in [-0.1, -0.05) is 41.4 Å². The first kappa shape index (κ1) is 11.8. The zero-order valence-corrected chi connectivity index (χ0v) is 10.3. The molecule has 3 atom stereocenters. The first-order valence-electron chi connectivity index (χ1n) is 5.11. The maximum atomic E-state index is 10.9. The molecule has 1 rings (SSSR count). The molecule has 0 amide bonds. The molecule has 0 aromatic carbocycles. The first-order chi connectivity index (χ1) is 6.54. The third-order valence-electron chi connectivity index (χ3n) is 3.02. The molecule has 1 aliphatic carbocycles. The van der Waals surface area contributed by atoms with Crippen LogP contribution in [0.5, 0.6) is 0 Å². The maximum Gasteiger partial charge on any atom is 0.306 e. The molecule has 0 aliphatic heterocycles. The van der Waals surface area contributed by atoms with Gasteiger partial charge in [-0.25, -0.2) is 0 Å². The predicted molar refractivity (Wildman–Crippen MR) is 60.6 cm³/mol. The Bertz CT molecular complexity index is 248. The van der Waals surface area contributed by atoms with Crippen LogP contribution in [-0.2, 0) is 4.79 Å². The Hall–Kier alpha value is -0.310. The second kappa shape index (κ2) is 4.96. The summed E-state index contributed by atoms with van der Waals surface area (Å²) in [7, 11) is 0. The van der Waals surface area contributed by atoms with Crippen molar-refractivity contribution >= 4 is 21.9 Å². The first-order valence-corrected chi connectivity index (χ1v) is 6.02. The molecule has 0 aromatic heterocycles. The minimum absolute atomic E-state index is 0.231. The lowest BCUT2D eigenvalue weighted by Crippen LogP contribution is -2.26. The minimum Gasteiger partial charge on any atom is -0.481 e. The normalized spacial score (nSPS) is 29.5. The van der Waals surface area contributed by atoms with Crippen molar-refractivity contribution in [2.24, 2.45) is 11.8 Å². The lowest BCUT2D eigenvalue weighted by Gasteiger charge is -2.28. The quantitative estimate of drug-likeness (QED) is 0.625. The van der Waals surface area contributed by atoms with E-state index in [4.69, 9.17) is 5.11 Å². The molecule has 0 spiro atoms. The molecule has 3 heteroatoms. The molecule has 0 saturated carbocycles. The van der Waals surface area contributed by atoms with Crippen molar-refractivity contribution in [3.8, 4) is 0 Å². The Labute approximate surface area is 93.5 Å². The second-order valence-corrected chi connectivity index (χ2v) is 5.20.